The van der Waals surface area contributed by atoms with Gasteiger partial charge in [-0.15, -0.1) is 11.3 Å². The molecule has 0 atom stereocenters. The van der Waals surface area contributed by atoms with Crippen LogP contribution in [0.5, 0.6) is 5.75 Å². The van der Waals surface area contributed by atoms with Gasteiger partial charge in [0.05, 0.1) is 17.9 Å². The number of hydrogen-bond acceptors (Lipinski definition) is 6. The summed E-state index contributed by atoms with van der Waals surface area (Å²) < 4.78 is 7.14. The molecule has 0 saturated carbocycles. The molecule has 0 aliphatic carbocycles. The van der Waals surface area contributed by atoms with Crippen LogP contribution < -0.4 is 15.7 Å². The molecule has 5 aromatic rings. The molecular formula is C30H26N4O3S. The predicted molar refractivity (Wildman–Crippen MR) is 152 cm³/mol. The Morgan fingerprint density at radius 2 is 1.76 bits per heavy atom. The van der Waals surface area contributed by atoms with Crippen LogP contribution in [0.15, 0.2) is 95.1 Å². The summed E-state index contributed by atoms with van der Waals surface area (Å²) in [4.78, 5) is 31.9. The van der Waals surface area contributed by atoms with Crippen molar-refractivity contribution in [2.75, 3.05) is 0 Å². The molecule has 8 heteroatoms. The molecule has 5 rings (SSSR count). The fourth-order valence-electron chi connectivity index (χ4n) is 4.07. The zero-order valence-electron chi connectivity index (χ0n) is 21.0. The third-order valence-electron chi connectivity index (χ3n) is 6.04. The highest BCUT2D eigenvalue weighted by atomic mass is 32.1. The molecule has 7 nitrogen and oxygen atoms in total. The molecule has 0 radical (unpaired) electrons. The Labute approximate surface area is 224 Å². The van der Waals surface area contributed by atoms with Gasteiger partial charge in [0.15, 0.2) is 0 Å². The van der Waals surface area contributed by atoms with Crippen molar-refractivity contribution in [2.24, 2.45) is 5.10 Å². The summed E-state index contributed by atoms with van der Waals surface area (Å²) in [7, 11) is 0. The predicted octanol–water partition coefficient (Wildman–Crippen LogP) is 5.47. The van der Waals surface area contributed by atoms with Crippen molar-refractivity contribution in [3.8, 4) is 16.9 Å². The Bertz CT molecular complexity index is 1650. The minimum absolute atomic E-state index is 0.186. The second kappa shape index (κ2) is 11.2. The Hall–Kier alpha value is -4.56. The zero-order chi connectivity index (χ0) is 26.5. The average molecular weight is 523 g/mol. The maximum Gasteiger partial charge on any atom is 0.263 e. The van der Waals surface area contributed by atoms with Gasteiger partial charge in [-0.2, -0.15) is 5.10 Å². The van der Waals surface area contributed by atoms with E-state index in [1.54, 1.807) is 6.21 Å². The number of hydrogen-bond donors (Lipinski definition) is 1. The summed E-state index contributed by atoms with van der Waals surface area (Å²) in [6.45, 7) is 4.33. The summed E-state index contributed by atoms with van der Waals surface area (Å²) in [5.41, 5.74) is 7.16. The van der Waals surface area contributed by atoms with Crippen LogP contribution in [0.3, 0.4) is 0 Å². The highest BCUT2D eigenvalue weighted by Gasteiger charge is 2.17. The molecule has 2 aromatic heterocycles. The van der Waals surface area contributed by atoms with Crippen LogP contribution in [-0.4, -0.2) is 21.7 Å². The second-order valence-electron chi connectivity index (χ2n) is 8.89. The number of ether oxygens (including phenoxy) is 1. The number of nitrogens with one attached hydrogen (secondary N) is 1. The van der Waals surface area contributed by atoms with Crippen molar-refractivity contribution >= 4 is 33.7 Å². The number of carbonyl (C=O) groups is 1. The number of fused-ring (bicyclic) bond motifs is 1. The lowest BCUT2D eigenvalue weighted by molar-refractivity contribution is -0.121. The van der Waals surface area contributed by atoms with Gasteiger partial charge in [0, 0.05) is 10.4 Å². The number of benzene rings is 3. The first kappa shape index (κ1) is 25.1. The highest BCUT2D eigenvalue weighted by molar-refractivity contribution is 7.19. The molecule has 0 aliphatic heterocycles. The van der Waals surface area contributed by atoms with Crippen LogP contribution >= 0.6 is 11.3 Å². The minimum atomic E-state index is -0.421. The van der Waals surface area contributed by atoms with Crippen molar-refractivity contribution in [2.45, 2.75) is 27.0 Å². The van der Waals surface area contributed by atoms with Crippen LogP contribution in [-0.2, 0) is 17.9 Å². The molecule has 38 heavy (non-hydrogen) atoms. The van der Waals surface area contributed by atoms with Crippen LogP contribution in [0.25, 0.3) is 21.3 Å². The van der Waals surface area contributed by atoms with E-state index < -0.39 is 5.91 Å². The smallest absolute Gasteiger partial charge is 0.263 e. The topological polar surface area (TPSA) is 85.6 Å². The third kappa shape index (κ3) is 5.71. The van der Waals surface area contributed by atoms with E-state index in [1.807, 2.05) is 73.7 Å². The van der Waals surface area contributed by atoms with E-state index in [1.165, 1.54) is 27.8 Å². The number of nitrogens with zero attached hydrogens (tertiary/aromatic N) is 3. The van der Waals surface area contributed by atoms with E-state index in [0.717, 1.165) is 32.9 Å². The van der Waals surface area contributed by atoms with Crippen LogP contribution in [0.4, 0.5) is 0 Å². The van der Waals surface area contributed by atoms with E-state index in [2.05, 4.69) is 34.6 Å². The first-order valence-corrected chi connectivity index (χ1v) is 12.9. The van der Waals surface area contributed by atoms with E-state index >= 15 is 0 Å². The lowest BCUT2D eigenvalue weighted by Gasteiger charge is -2.07. The standard InChI is InChI=1S/C30H26N4O3S/c1-20-8-10-23(11-9-20)18-37-25-14-12-22(13-15-25)16-32-33-26(35)17-34-19-31-29-28(30(34)36)27(21(2)38-29)24-6-4-3-5-7-24/h3-16,19H,17-18H2,1-2H3,(H,33,35)/b32-16-. The minimum Gasteiger partial charge on any atom is -0.489 e. The van der Waals surface area contributed by atoms with E-state index in [0.29, 0.717) is 16.8 Å². The molecule has 2 heterocycles. The molecule has 3 aromatic carbocycles. The number of hydrazone groups is 1. The third-order valence-corrected chi connectivity index (χ3v) is 7.05. The van der Waals surface area contributed by atoms with E-state index in [9.17, 15) is 9.59 Å². The monoisotopic (exact) mass is 522 g/mol. The van der Waals surface area contributed by atoms with Crippen molar-refractivity contribution in [1.82, 2.24) is 15.0 Å². The SMILES string of the molecule is Cc1ccc(COc2ccc(/C=N\NC(=O)Cn3cnc4sc(C)c(-c5ccccc5)c4c3=O)cc2)cc1. The second-order valence-corrected chi connectivity index (χ2v) is 10.1. The maximum absolute atomic E-state index is 13.3. The normalized spacial score (nSPS) is 11.2. The van der Waals surface area contributed by atoms with Crippen molar-refractivity contribution < 1.29 is 9.53 Å². The fourth-order valence-corrected chi connectivity index (χ4v) is 5.08. The number of aromatic nitrogens is 2. The zero-order valence-corrected chi connectivity index (χ0v) is 21.9. The number of rotatable bonds is 8. The number of amides is 1. The molecule has 0 aliphatic rings. The van der Waals surface area contributed by atoms with Gasteiger partial charge in [0.25, 0.3) is 11.5 Å². The Morgan fingerprint density at radius 3 is 2.50 bits per heavy atom. The van der Waals surface area contributed by atoms with Gasteiger partial charge in [-0.1, -0.05) is 60.2 Å². The summed E-state index contributed by atoms with van der Waals surface area (Å²) in [5, 5.41) is 4.56. The highest BCUT2D eigenvalue weighted by Crippen LogP contribution is 2.35. The quantitative estimate of drug-likeness (QED) is 0.216. The van der Waals surface area contributed by atoms with Gasteiger partial charge in [-0.05, 0) is 54.8 Å². The van der Waals surface area contributed by atoms with Crippen molar-refractivity contribution in [3.05, 3.63) is 117 Å². The average Bonchev–Trinajstić information content (AvgIpc) is 3.28. The molecule has 1 N–H and O–H groups in total. The first-order valence-electron chi connectivity index (χ1n) is 12.1. The molecular weight excluding hydrogens is 496 g/mol. The number of carbonyl (C=O) groups excluding carboxylic acids is 1. The van der Waals surface area contributed by atoms with Gasteiger partial charge in [-0.3, -0.25) is 14.2 Å². The molecule has 190 valence electrons. The van der Waals surface area contributed by atoms with Gasteiger partial charge < -0.3 is 4.74 Å². The molecule has 0 spiro atoms. The lowest BCUT2D eigenvalue weighted by Crippen LogP contribution is -2.30. The molecule has 1 amide bonds. The van der Waals surface area contributed by atoms with E-state index in [4.69, 9.17) is 4.74 Å². The molecule has 0 saturated heterocycles. The van der Waals surface area contributed by atoms with Gasteiger partial charge >= 0.3 is 0 Å². The van der Waals surface area contributed by atoms with Crippen LogP contribution in [0.2, 0.25) is 0 Å². The van der Waals surface area contributed by atoms with Gasteiger partial charge in [0.2, 0.25) is 0 Å². The largest absolute Gasteiger partial charge is 0.489 e. The molecule has 0 unspecified atom stereocenters. The van der Waals surface area contributed by atoms with Crippen molar-refractivity contribution in [3.63, 3.8) is 0 Å². The molecule has 0 fully saturated rings. The number of thiophene rings is 1. The summed E-state index contributed by atoms with van der Waals surface area (Å²) in [5.74, 6) is 0.323. The fraction of sp³-hybridized carbons (Fsp3) is 0.133. The summed E-state index contributed by atoms with van der Waals surface area (Å²) >= 11 is 1.47. The first-order chi connectivity index (χ1) is 18.5. The Balaban J connectivity index is 1.21. The van der Waals surface area contributed by atoms with Crippen LogP contribution in [0, 0.1) is 13.8 Å². The Kier molecular flexibility index (Phi) is 7.42. The van der Waals surface area contributed by atoms with E-state index in [-0.39, 0.29) is 12.1 Å². The van der Waals surface area contributed by atoms with Gasteiger partial charge in [0.1, 0.15) is 23.7 Å². The lowest BCUT2D eigenvalue weighted by atomic mass is 10.0. The Morgan fingerprint density at radius 1 is 1.03 bits per heavy atom. The number of aryl methyl sites for hydroxylation is 2. The van der Waals surface area contributed by atoms with Crippen LogP contribution in [0.1, 0.15) is 21.6 Å². The maximum atomic E-state index is 13.3. The summed E-state index contributed by atoms with van der Waals surface area (Å²) in [6, 6.07) is 25.4. The van der Waals surface area contributed by atoms with Crippen molar-refractivity contribution in [1.29, 1.82) is 0 Å². The van der Waals surface area contributed by atoms with Gasteiger partial charge in [-0.25, -0.2) is 10.4 Å². The molecule has 0 bridgehead atoms. The summed E-state index contributed by atoms with van der Waals surface area (Å²) in [6.07, 6.45) is 2.95.